The molecule has 134 valence electrons. The number of aromatic amines is 1. The molecule has 1 aliphatic carbocycles. The summed E-state index contributed by atoms with van der Waals surface area (Å²) in [6, 6.07) is 9.09. The van der Waals surface area contributed by atoms with E-state index in [0.29, 0.717) is 6.54 Å². The third kappa shape index (κ3) is 3.74. The molecular weight excluding hydrogens is 310 g/mol. The van der Waals surface area contributed by atoms with Crippen LogP contribution < -0.4 is 10.2 Å². The van der Waals surface area contributed by atoms with Crippen molar-refractivity contribution >= 4 is 16.8 Å². The predicted molar refractivity (Wildman–Crippen MR) is 101 cm³/mol. The first-order valence-electron chi connectivity index (χ1n) is 9.97. The normalized spacial score (nSPS) is 26.3. The third-order valence-corrected chi connectivity index (χ3v) is 6.29. The largest absolute Gasteiger partial charge is 0.361 e. The number of quaternary nitrogens is 1. The van der Waals surface area contributed by atoms with Crippen molar-refractivity contribution in [3.05, 3.63) is 36.0 Å². The molecule has 1 aromatic heterocycles. The summed E-state index contributed by atoms with van der Waals surface area (Å²) in [4.78, 5) is 17.3. The molecule has 0 bridgehead atoms. The van der Waals surface area contributed by atoms with E-state index in [2.05, 4.69) is 34.7 Å². The monoisotopic (exact) mass is 340 g/mol. The van der Waals surface area contributed by atoms with Gasteiger partial charge in [0.2, 0.25) is 0 Å². The van der Waals surface area contributed by atoms with E-state index in [1.54, 1.807) is 4.90 Å². The van der Waals surface area contributed by atoms with Gasteiger partial charge in [-0.1, -0.05) is 24.6 Å². The number of carbonyl (C=O) groups excluding carboxylic acids is 1. The first-order valence-corrected chi connectivity index (χ1v) is 9.97. The van der Waals surface area contributed by atoms with E-state index in [0.717, 1.165) is 24.9 Å². The van der Waals surface area contributed by atoms with Crippen LogP contribution in [0.4, 0.5) is 0 Å². The number of rotatable bonds is 5. The lowest BCUT2D eigenvalue weighted by atomic mass is 9.78. The molecule has 2 fully saturated rings. The maximum atomic E-state index is 12.4. The van der Waals surface area contributed by atoms with Gasteiger partial charge in [0.15, 0.2) is 6.54 Å². The topological polar surface area (TPSA) is 49.3 Å². The molecule has 2 aromatic rings. The lowest BCUT2D eigenvalue weighted by Crippen LogP contribution is -3.18. The quantitative estimate of drug-likeness (QED) is 0.767. The van der Waals surface area contributed by atoms with Gasteiger partial charge >= 0.3 is 0 Å². The Labute approximate surface area is 150 Å². The standard InChI is InChI=1S/C21H29N3O/c25-21(15-24-13-5-7-16-6-1-4-10-20(16)24)22-12-11-17-14-23-19-9-3-2-8-18(17)19/h2-3,8-9,14,16,20,23H,1,4-7,10-13,15H2,(H,22,25)/p+1/t16-,20+/m1/s1. The smallest absolute Gasteiger partial charge is 0.275 e. The molecule has 4 nitrogen and oxygen atoms in total. The molecule has 1 aliphatic heterocycles. The number of aromatic nitrogens is 1. The molecule has 0 radical (unpaired) electrons. The zero-order valence-corrected chi connectivity index (χ0v) is 15.0. The number of carbonyl (C=O) groups is 1. The van der Waals surface area contributed by atoms with Crippen molar-refractivity contribution < 1.29 is 9.69 Å². The molecule has 2 aliphatic rings. The van der Waals surface area contributed by atoms with Crippen LogP contribution in [0, 0.1) is 5.92 Å². The van der Waals surface area contributed by atoms with Crippen molar-refractivity contribution in [1.82, 2.24) is 10.3 Å². The first-order chi connectivity index (χ1) is 12.3. The second kappa shape index (κ2) is 7.61. The number of piperidine rings is 1. The van der Waals surface area contributed by atoms with Crippen LogP contribution in [0.15, 0.2) is 30.5 Å². The van der Waals surface area contributed by atoms with Crippen molar-refractivity contribution in [3.8, 4) is 0 Å². The molecule has 2 heterocycles. The van der Waals surface area contributed by atoms with Crippen LogP contribution in [0.25, 0.3) is 10.9 Å². The zero-order valence-electron chi connectivity index (χ0n) is 15.0. The highest BCUT2D eigenvalue weighted by Crippen LogP contribution is 2.28. The maximum Gasteiger partial charge on any atom is 0.275 e. The molecule has 1 aromatic carbocycles. The maximum absolute atomic E-state index is 12.4. The molecule has 1 saturated heterocycles. The molecule has 4 rings (SSSR count). The van der Waals surface area contributed by atoms with Crippen molar-refractivity contribution in [3.63, 3.8) is 0 Å². The summed E-state index contributed by atoms with van der Waals surface area (Å²) in [7, 11) is 0. The highest BCUT2D eigenvalue weighted by Gasteiger charge is 2.37. The number of hydrogen-bond donors (Lipinski definition) is 3. The van der Waals surface area contributed by atoms with E-state index < -0.39 is 0 Å². The fourth-order valence-corrected chi connectivity index (χ4v) is 5.03. The van der Waals surface area contributed by atoms with E-state index in [9.17, 15) is 4.79 Å². The first kappa shape index (κ1) is 16.6. The molecule has 3 N–H and O–H groups in total. The van der Waals surface area contributed by atoms with Crippen LogP contribution in [-0.2, 0) is 11.2 Å². The number of fused-ring (bicyclic) bond motifs is 2. The Morgan fingerprint density at radius 3 is 2.96 bits per heavy atom. The Morgan fingerprint density at radius 1 is 1.16 bits per heavy atom. The van der Waals surface area contributed by atoms with Crippen molar-refractivity contribution in [2.75, 3.05) is 19.6 Å². The molecular formula is C21H30N3O+. The Hall–Kier alpha value is -1.81. The van der Waals surface area contributed by atoms with Gasteiger partial charge < -0.3 is 15.2 Å². The number of nitrogens with one attached hydrogen (secondary N) is 3. The predicted octanol–water partition coefficient (Wildman–Crippen LogP) is 2.06. The van der Waals surface area contributed by atoms with Gasteiger partial charge in [-0.2, -0.15) is 0 Å². The van der Waals surface area contributed by atoms with E-state index in [1.165, 1.54) is 61.5 Å². The summed E-state index contributed by atoms with van der Waals surface area (Å²) in [5.74, 6) is 1.09. The van der Waals surface area contributed by atoms with Gasteiger partial charge in [0, 0.05) is 29.6 Å². The zero-order chi connectivity index (χ0) is 17.1. The summed E-state index contributed by atoms with van der Waals surface area (Å²) in [5.41, 5.74) is 2.46. The van der Waals surface area contributed by atoms with E-state index in [4.69, 9.17) is 0 Å². The van der Waals surface area contributed by atoms with Crippen LogP contribution in [0.3, 0.4) is 0 Å². The Morgan fingerprint density at radius 2 is 2.00 bits per heavy atom. The van der Waals surface area contributed by atoms with Gasteiger partial charge in [0.1, 0.15) is 0 Å². The lowest BCUT2D eigenvalue weighted by molar-refractivity contribution is -0.928. The fourth-order valence-electron chi connectivity index (χ4n) is 5.03. The number of likely N-dealkylation sites (tertiary alicyclic amines) is 1. The van der Waals surface area contributed by atoms with E-state index >= 15 is 0 Å². The van der Waals surface area contributed by atoms with Gasteiger partial charge in [-0.15, -0.1) is 0 Å². The molecule has 4 heteroatoms. The number of benzene rings is 1. The van der Waals surface area contributed by atoms with Crippen LogP contribution >= 0.6 is 0 Å². The summed E-state index contributed by atoms with van der Waals surface area (Å²) in [6.07, 6.45) is 11.1. The summed E-state index contributed by atoms with van der Waals surface area (Å²) in [5, 5.41) is 4.42. The van der Waals surface area contributed by atoms with Crippen molar-refractivity contribution in [1.29, 1.82) is 0 Å². The minimum atomic E-state index is 0.223. The summed E-state index contributed by atoms with van der Waals surface area (Å²) in [6.45, 7) is 2.56. The molecule has 1 amide bonds. The molecule has 25 heavy (non-hydrogen) atoms. The number of H-pyrrole nitrogens is 1. The van der Waals surface area contributed by atoms with Crippen LogP contribution in [0.1, 0.15) is 44.1 Å². The number of para-hydroxylation sites is 1. The average Bonchev–Trinajstić information content (AvgIpc) is 3.05. The minimum Gasteiger partial charge on any atom is -0.361 e. The average molecular weight is 340 g/mol. The summed E-state index contributed by atoms with van der Waals surface area (Å²) >= 11 is 0. The van der Waals surface area contributed by atoms with Crippen LogP contribution in [0.2, 0.25) is 0 Å². The van der Waals surface area contributed by atoms with Gasteiger partial charge in [0.25, 0.3) is 5.91 Å². The SMILES string of the molecule is O=C(C[NH+]1CCC[C@H]2CCCC[C@@H]21)NCCc1c[nH]c2ccccc12. The van der Waals surface area contributed by atoms with Crippen molar-refractivity contribution in [2.45, 2.75) is 51.0 Å². The number of amides is 1. The van der Waals surface area contributed by atoms with E-state index in [1.807, 2.05) is 6.07 Å². The van der Waals surface area contributed by atoms with Gasteiger partial charge in [-0.25, -0.2) is 0 Å². The second-order valence-corrected chi connectivity index (χ2v) is 7.84. The Bertz CT molecular complexity index is 721. The van der Waals surface area contributed by atoms with Crippen LogP contribution in [-0.4, -0.2) is 36.6 Å². The minimum absolute atomic E-state index is 0.223. The molecule has 1 unspecified atom stereocenters. The molecule has 0 spiro atoms. The highest BCUT2D eigenvalue weighted by atomic mass is 16.2. The molecule has 3 atom stereocenters. The van der Waals surface area contributed by atoms with Gasteiger partial charge in [0.05, 0.1) is 12.6 Å². The molecule has 1 saturated carbocycles. The Kier molecular flexibility index (Phi) is 5.07. The van der Waals surface area contributed by atoms with Gasteiger partial charge in [-0.3, -0.25) is 4.79 Å². The van der Waals surface area contributed by atoms with Gasteiger partial charge in [-0.05, 0) is 50.2 Å². The summed E-state index contributed by atoms with van der Waals surface area (Å²) < 4.78 is 0. The van der Waals surface area contributed by atoms with Crippen molar-refractivity contribution in [2.24, 2.45) is 5.92 Å². The number of hydrogen-bond acceptors (Lipinski definition) is 1. The highest BCUT2D eigenvalue weighted by molar-refractivity contribution is 5.83. The fraction of sp³-hybridized carbons (Fsp3) is 0.571. The second-order valence-electron chi connectivity index (χ2n) is 7.84. The third-order valence-electron chi connectivity index (χ3n) is 6.29. The van der Waals surface area contributed by atoms with E-state index in [-0.39, 0.29) is 5.91 Å². The van der Waals surface area contributed by atoms with Crippen LogP contribution in [0.5, 0.6) is 0 Å². The lowest BCUT2D eigenvalue weighted by Gasteiger charge is -2.40. The Balaban J connectivity index is 1.27.